The van der Waals surface area contributed by atoms with Crippen LogP contribution in [0.1, 0.15) is 142 Å². The molecular weight excluding hydrogens is 589 g/mol. The normalized spacial score (nSPS) is 14.3. The zero-order valence-electron chi connectivity index (χ0n) is 27.3. The Morgan fingerprint density at radius 2 is 1.16 bits per heavy atom. The van der Waals surface area contributed by atoms with E-state index in [4.69, 9.17) is 24.8 Å². The SMILES string of the molecule is CCCC/C=C\CCCCCCCC(=O)OC[C@H](COP(=O)(O)OC[C@H](N)C(=O)O)OC(=O)CCCCCCCCCCC. The van der Waals surface area contributed by atoms with Crippen LogP contribution in [0.2, 0.25) is 0 Å². The van der Waals surface area contributed by atoms with E-state index in [0.29, 0.717) is 12.8 Å². The van der Waals surface area contributed by atoms with Gasteiger partial charge in [0.1, 0.15) is 12.6 Å². The second-order valence-corrected chi connectivity index (χ2v) is 12.8. The molecule has 3 atom stereocenters. The highest BCUT2D eigenvalue weighted by atomic mass is 31.2. The van der Waals surface area contributed by atoms with Crippen molar-refractivity contribution in [1.82, 2.24) is 0 Å². The topological polar surface area (TPSA) is 172 Å². The van der Waals surface area contributed by atoms with Gasteiger partial charge in [0.05, 0.1) is 13.2 Å². The van der Waals surface area contributed by atoms with Gasteiger partial charge in [-0.1, -0.05) is 109 Å². The predicted molar refractivity (Wildman–Crippen MR) is 171 cm³/mol. The van der Waals surface area contributed by atoms with Gasteiger partial charge in [0, 0.05) is 12.8 Å². The molecular formula is C32H60NO10P. The maximum absolute atomic E-state index is 12.4. The number of phosphoric acid groups is 1. The fraction of sp³-hybridized carbons (Fsp3) is 0.844. The minimum atomic E-state index is -4.70. The first-order chi connectivity index (χ1) is 21.1. The Morgan fingerprint density at radius 3 is 1.73 bits per heavy atom. The Morgan fingerprint density at radius 1 is 0.682 bits per heavy atom. The summed E-state index contributed by atoms with van der Waals surface area (Å²) in [6, 6.07) is -1.52. The fourth-order valence-corrected chi connectivity index (χ4v) is 5.06. The quantitative estimate of drug-likeness (QED) is 0.0296. The smallest absolute Gasteiger partial charge is 0.472 e. The maximum Gasteiger partial charge on any atom is 0.472 e. The van der Waals surface area contributed by atoms with E-state index in [9.17, 15) is 23.8 Å². The first-order valence-electron chi connectivity index (χ1n) is 16.7. The average molecular weight is 650 g/mol. The largest absolute Gasteiger partial charge is 0.480 e. The van der Waals surface area contributed by atoms with Crippen LogP contribution in [0.5, 0.6) is 0 Å². The molecule has 4 N–H and O–H groups in total. The third-order valence-corrected chi connectivity index (χ3v) is 7.96. The van der Waals surface area contributed by atoms with Crippen LogP contribution in [0.3, 0.4) is 0 Å². The van der Waals surface area contributed by atoms with Crippen LogP contribution in [-0.2, 0) is 37.5 Å². The van der Waals surface area contributed by atoms with Crippen LogP contribution in [0.15, 0.2) is 12.2 Å². The molecule has 0 fully saturated rings. The van der Waals surface area contributed by atoms with Crippen LogP contribution < -0.4 is 5.73 Å². The Hall–Kier alpha value is -1.78. The molecule has 0 aromatic heterocycles. The van der Waals surface area contributed by atoms with Crippen molar-refractivity contribution >= 4 is 25.7 Å². The third-order valence-electron chi connectivity index (χ3n) is 7.01. The molecule has 0 bridgehead atoms. The number of aliphatic carboxylic acids is 1. The number of carbonyl (C=O) groups is 3. The van der Waals surface area contributed by atoms with Crippen LogP contribution in [0.25, 0.3) is 0 Å². The number of hydrogen-bond acceptors (Lipinski definition) is 9. The molecule has 0 aliphatic carbocycles. The molecule has 0 aromatic carbocycles. The van der Waals surface area contributed by atoms with Gasteiger partial charge in [0.25, 0.3) is 0 Å². The Kier molecular flexibility index (Phi) is 27.5. The molecule has 1 unspecified atom stereocenters. The van der Waals surface area contributed by atoms with Crippen LogP contribution >= 0.6 is 7.82 Å². The zero-order valence-corrected chi connectivity index (χ0v) is 28.2. The number of allylic oxidation sites excluding steroid dienone is 2. The van der Waals surface area contributed by atoms with Crippen LogP contribution in [0.4, 0.5) is 0 Å². The highest BCUT2D eigenvalue weighted by molar-refractivity contribution is 7.47. The summed E-state index contributed by atoms with van der Waals surface area (Å²) in [5, 5.41) is 8.81. The van der Waals surface area contributed by atoms with Crippen molar-refractivity contribution in [3.63, 3.8) is 0 Å². The molecule has 0 heterocycles. The number of phosphoric ester groups is 1. The van der Waals surface area contributed by atoms with E-state index in [-0.39, 0.29) is 19.4 Å². The summed E-state index contributed by atoms with van der Waals surface area (Å²) in [6.45, 7) is 2.69. The summed E-state index contributed by atoms with van der Waals surface area (Å²) >= 11 is 0. The standard InChI is InChI=1S/C32H60NO10P/c1-3-5-7-9-11-13-14-16-17-19-21-23-30(34)40-25-28(26-41-44(38,39)42-27-29(33)32(36)37)43-31(35)24-22-20-18-15-12-10-8-6-4-2/h9,11,28-29H,3-8,10,12-27,33H2,1-2H3,(H,36,37)(H,38,39)/b11-9-/t28-,29+/m1/s1. The fourth-order valence-electron chi connectivity index (χ4n) is 4.28. The molecule has 0 rings (SSSR count). The van der Waals surface area contributed by atoms with Crippen molar-refractivity contribution in [3.05, 3.63) is 12.2 Å². The summed E-state index contributed by atoms with van der Waals surface area (Å²) in [7, 11) is -4.70. The highest BCUT2D eigenvalue weighted by Gasteiger charge is 2.28. The van der Waals surface area contributed by atoms with Gasteiger partial charge in [-0.15, -0.1) is 0 Å². The first kappa shape index (κ1) is 42.2. The molecule has 11 nitrogen and oxygen atoms in total. The summed E-state index contributed by atoms with van der Waals surface area (Å²) in [5.74, 6) is -2.39. The van der Waals surface area contributed by atoms with E-state index in [1.165, 1.54) is 44.9 Å². The molecule has 12 heteroatoms. The van der Waals surface area contributed by atoms with Crippen molar-refractivity contribution in [1.29, 1.82) is 0 Å². The summed E-state index contributed by atoms with van der Waals surface area (Å²) in [4.78, 5) is 45.4. The van der Waals surface area contributed by atoms with Gasteiger partial charge in [0.15, 0.2) is 6.10 Å². The minimum Gasteiger partial charge on any atom is -0.480 e. The number of rotatable bonds is 31. The lowest BCUT2D eigenvalue weighted by molar-refractivity contribution is -0.161. The lowest BCUT2D eigenvalue weighted by atomic mass is 10.1. The molecule has 0 aliphatic heterocycles. The molecule has 0 spiro atoms. The summed E-state index contributed by atoms with van der Waals surface area (Å²) in [6.07, 6.45) is 23.0. The number of carboxylic acids is 1. The Labute approximate surface area is 265 Å². The molecule has 0 saturated carbocycles. The molecule has 0 aliphatic rings. The van der Waals surface area contributed by atoms with Crippen molar-refractivity contribution < 1.29 is 47.5 Å². The summed E-state index contributed by atoms with van der Waals surface area (Å²) < 4.78 is 32.3. The summed E-state index contributed by atoms with van der Waals surface area (Å²) in [5.41, 5.74) is 5.29. The lowest BCUT2D eigenvalue weighted by Crippen LogP contribution is -2.34. The number of nitrogens with two attached hydrogens (primary N) is 1. The highest BCUT2D eigenvalue weighted by Crippen LogP contribution is 2.43. The molecule has 0 amide bonds. The van der Waals surface area contributed by atoms with Gasteiger partial charge in [-0.05, 0) is 32.1 Å². The third kappa shape index (κ3) is 27.7. The van der Waals surface area contributed by atoms with Gasteiger partial charge in [0.2, 0.25) is 0 Å². The number of ether oxygens (including phenoxy) is 2. The van der Waals surface area contributed by atoms with Gasteiger partial charge in [-0.25, -0.2) is 4.57 Å². The second-order valence-electron chi connectivity index (χ2n) is 11.3. The molecule has 0 aromatic rings. The van der Waals surface area contributed by atoms with Crippen molar-refractivity contribution in [2.75, 3.05) is 19.8 Å². The van der Waals surface area contributed by atoms with Crippen LogP contribution in [0, 0.1) is 0 Å². The minimum absolute atomic E-state index is 0.162. The molecule has 0 radical (unpaired) electrons. The predicted octanol–water partition coefficient (Wildman–Crippen LogP) is 7.38. The van der Waals surface area contributed by atoms with Crippen molar-refractivity contribution in [3.8, 4) is 0 Å². The number of unbranched alkanes of at least 4 members (excludes halogenated alkanes) is 15. The number of hydrogen-bond donors (Lipinski definition) is 3. The Balaban J connectivity index is 4.52. The molecule has 258 valence electrons. The van der Waals surface area contributed by atoms with Crippen molar-refractivity contribution in [2.45, 2.75) is 154 Å². The van der Waals surface area contributed by atoms with Gasteiger partial charge in [-0.2, -0.15) is 0 Å². The van der Waals surface area contributed by atoms with Gasteiger partial charge in [-0.3, -0.25) is 23.4 Å². The van der Waals surface area contributed by atoms with E-state index in [1.807, 2.05) is 0 Å². The van der Waals surface area contributed by atoms with E-state index in [0.717, 1.165) is 57.8 Å². The average Bonchev–Trinajstić information content (AvgIpc) is 2.99. The lowest BCUT2D eigenvalue weighted by Gasteiger charge is -2.20. The number of carboxylic acid groups (broad SMARTS) is 1. The van der Waals surface area contributed by atoms with Crippen LogP contribution in [-0.4, -0.2) is 59.9 Å². The van der Waals surface area contributed by atoms with Crippen molar-refractivity contribution in [2.24, 2.45) is 5.73 Å². The van der Waals surface area contributed by atoms with E-state index in [1.54, 1.807) is 0 Å². The first-order valence-corrected chi connectivity index (χ1v) is 18.2. The van der Waals surface area contributed by atoms with E-state index in [2.05, 4.69) is 30.5 Å². The molecule has 44 heavy (non-hydrogen) atoms. The Bertz CT molecular complexity index is 823. The second kappa shape index (κ2) is 28.7. The maximum atomic E-state index is 12.4. The van der Waals surface area contributed by atoms with Gasteiger partial charge >= 0.3 is 25.7 Å². The number of carbonyl (C=O) groups excluding carboxylic acids is 2. The van der Waals surface area contributed by atoms with E-state index >= 15 is 0 Å². The zero-order chi connectivity index (χ0) is 32.9. The van der Waals surface area contributed by atoms with Gasteiger partial charge < -0.3 is 25.2 Å². The number of esters is 2. The van der Waals surface area contributed by atoms with E-state index < -0.39 is 51.1 Å². The molecule has 0 saturated heterocycles. The monoisotopic (exact) mass is 649 g/mol.